The molecule has 0 spiro atoms. The fourth-order valence-electron chi connectivity index (χ4n) is 1.22. The molecule has 1 rings (SSSR count). The largest absolute Gasteiger partial charge is 0.286 e. The van der Waals surface area contributed by atoms with Crippen molar-refractivity contribution in [1.82, 2.24) is 15.8 Å². The van der Waals surface area contributed by atoms with E-state index in [-0.39, 0.29) is 5.91 Å². The van der Waals surface area contributed by atoms with Crippen LogP contribution in [0.3, 0.4) is 0 Å². The monoisotopic (exact) mass is 207 g/mol. The SMILES string of the molecule is CCC(CC)NNC(=O)c1ccccn1. The Labute approximate surface area is 90.1 Å². The van der Waals surface area contributed by atoms with Crippen LogP contribution in [-0.2, 0) is 0 Å². The first-order valence-corrected chi connectivity index (χ1v) is 5.24. The van der Waals surface area contributed by atoms with Crippen LogP contribution in [-0.4, -0.2) is 16.9 Å². The molecule has 4 heteroatoms. The number of pyridine rings is 1. The molecule has 0 aliphatic heterocycles. The smallest absolute Gasteiger partial charge is 0.283 e. The molecule has 0 atom stereocenters. The van der Waals surface area contributed by atoms with Crippen LogP contribution < -0.4 is 10.9 Å². The highest BCUT2D eigenvalue weighted by Crippen LogP contribution is 1.95. The van der Waals surface area contributed by atoms with E-state index in [0.717, 1.165) is 12.8 Å². The number of hydrazine groups is 1. The van der Waals surface area contributed by atoms with Gasteiger partial charge in [0.15, 0.2) is 0 Å². The fourth-order valence-corrected chi connectivity index (χ4v) is 1.22. The molecule has 0 saturated heterocycles. The number of nitrogens with one attached hydrogen (secondary N) is 2. The summed E-state index contributed by atoms with van der Waals surface area (Å²) in [5.41, 5.74) is 6.05. The molecule has 1 amide bonds. The van der Waals surface area contributed by atoms with Crippen molar-refractivity contribution in [2.75, 3.05) is 0 Å². The highest BCUT2D eigenvalue weighted by molar-refractivity contribution is 5.91. The third kappa shape index (κ3) is 3.67. The Hall–Kier alpha value is -1.42. The first-order valence-electron chi connectivity index (χ1n) is 5.24. The zero-order chi connectivity index (χ0) is 11.1. The molecule has 0 aliphatic rings. The van der Waals surface area contributed by atoms with Gasteiger partial charge < -0.3 is 0 Å². The number of carbonyl (C=O) groups is 1. The van der Waals surface area contributed by atoms with E-state index in [1.807, 2.05) is 0 Å². The van der Waals surface area contributed by atoms with Gasteiger partial charge in [0.05, 0.1) is 0 Å². The minimum absolute atomic E-state index is 0.192. The van der Waals surface area contributed by atoms with Crippen molar-refractivity contribution in [1.29, 1.82) is 0 Å². The van der Waals surface area contributed by atoms with Crippen molar-refractivity contribution in [2.24, 2.45) is 0 Å². The van der Waals surface area contributed by atoms with Crippen LogP contribution >= 0.6 is 0 Å². The number of rotatable bonds is 5. The normalized spacial score (nSPS) is 10.3. The molecule has 0 radical (unpaired) electrons. The number of hydrogen-bond acceptors (Lipinski definition) is 3. The summed E-state index contributed by atoms with van der Waals surface area (Å²) in [6, 6.07) is 5.58. The number of nitrogens with zero attached hydrogens (tertiary/aromatic N) is 1. The topological polar surface area (TPSA) is 54.0 Å². The average Bonchev–Trinajstić information content (AvgIpc) is 2.31. The minimum atomic E-state index is -0.192. The van der Waals surface area contributed by atoms with E-state index < -0.39 is 0 Å². The Bertz CT molecular complexity index is 296. The van der Waals surface area contributed by atoms with E-state index in [4.69, 9.17) is 0 Å². The molecule has 82 valence electrons. The Morgan fingerprint density at radius 2 is 2.13 bits per heavy atom. The minimum Gasteiger partial charge on any atom is -0.286 e. The second kappa shape index (κ2) is 6.14. The zero-order valence-electron chi connectivity index (χ0n) is 9.16. The van der Waals surface area contributed by atoms with Gasteiger partial charge in [0.25, 0.3) is 5.91 Å². The summed E-state index contributed by atoms with van der Waals surface area (Å²) in [5, 5.41) is 0. The fraction of sp³-hybridized carbons (Fsp3) is 0.455. The lowest BCUT2D eigenvalue weighted by Crippen LogP contribution is -2.44. The molecule has 1 aromatic heterocycles. The molecule has 2 N–H and O–H groups in total. The molecule has 15 heavy (non-hydrogen) atoms. The molecule has 0 fully saturated rings. The molecule has 0 aromatic carbocycles. The summed E-state index contributed by atoms with van der Waals surface area (Å²) in [6.07, 6.45) is 3.57. The van der Waals surface area contributed by atoms with Crippen molar-refractivity contribution in [3.05, 3.63) is 30.1 Å². The van der Waals surface area contributed by atoms with Gasteiger partial charge in [-0.2, -0.15) is 0 Å². The van der Waals surface area contributed by atoms with Crippen LogP contribution in [0.1, 0.15) is 37.2 Å². The summed E-state index contributed by atoms with van der Waals surface area (Å²) in [6.45, 7) is 4.15. The van der Waals surface area contributed by atoms with Crippen LogP contribution in [0.15, 0.2) is 24.4 Å². The Morgan fingerprint density at radius 3 is 2.67 bits per heavy atom. The van der Waals surface area contributed by atoms with E-state index in [2.05, 4.69) is 29.7 Å². The highest BCUT2D eigenvalue weighted by Gasteiger charge is 2.07. The van der Waals surface area contributed by atoms with E-state index in [0.29, 0.717) is 11.7 Å². The summed E-state index contributed by atoms with van der Waals surface area (Å²) in [7, 11) is 0. The Kier molecular flexibility index (Phi) is 4.77. The number of aromatic nitrogens is 1. The van der Waals surface area contributed by atoms with Gasteiger partial charge in [-0.1, -0.05) is 19.9 Å². The molecule has 1 aromatic rings. The molecule has 0 saturated carbocycles. The maximum absolute atomic E-state index is 11.5. The lowest BCUT2D eigenvalue weighted by atomic mass is 10.2. The van der Waals surface area contributed by atoms with Gasteiger partial charge in [-0.3, -0.25) is 15.2 Å². The number of hydrogen-bond donors (Lipinski definition) is 2. The lowest BCUT2D eigenvalue weighted by molar-refractivity contribution is 0.0919. The van der Waals surface area contributed by atoms with E-state index in [9.17, 15) is 4.79 Å². The predicted molar refractivity (Wildman–Crippen MR) is 59.2 cm³/mol. The first-order chi connectivity index (χ1) is 7.27. The van der Waals surface area contributed by atoms with Crippen LogP contribution in [0, 0.1) is 0 Å². The average molecular weight is 207 g/mol. The third-order valence-corrected chi connectivity index (χ3v) is 2.27. The molecule has 0 unspecified atom stereocenters. The molecular weight excluding hydrogens is 190 g/mol. The van der Waals surface area contributed by atoms with Crippen LogP contribution in [0.4, 0.5) is 0 Å². The summed E-state index contributed by atoms with van der Waals surface area (Å²) in [5.74, 6) is -0.192. The number of carbonyl (C=O) groups excluding carboxylic acids is 1. The molecule has 0 bridgehead atoms. The highest BCUT2D eigenvalue weighted by atomic mass is 16.2. The summed E-state index contributed by atoms with van der Waals surface area (Å²) < 4.78 is 0. The van der Waals surface area contributed by atoms with Crippen molar-refractivity contribution < 1.29 is 4.79 Å². The maximum Gasteiger partial charge on any atom is 0.283 e. The molecule has 1 heterocycles. The second-order valence-corrected chi connectivity index (χ2v) is 3.33. The zero-order valence-corrected chi connectivity index (χ0v) is 9.16. The third-order valence-electron chi connectivity index (χ3n) is 2.27. The van der Waals surface area contributed by atoms with Crippen molar-refractivity contribution >= 4 is 5.91 Å². The van der Waals surface area contributed by atoms with Gasteiger partial charge in [0.2, 0.25) is 0 Å². The molecule has 4 nitrogen and oxygen atoms in total. The van der Waals surface area contributed by atoms with E-state index in [1.54, 1.807) is 24.4 Å². The Morgan fingerprint density at radius 1 is 1.40 bits per heavy atom. The van der Waals surface area contributed by atoms with Crippen molar-refractivity contribution in [2.45, 2.75) is 32.7 Å². The predicted octanol–water partition coefficient (Wildman–Crippen LogP) is 1.50. The standard InChI is InChI=1S/C11H17N3O/c1-3-9(4-2)13-14-11(15)10-7-5-6-8-12-10/h5-9,13H,3-4H2,1-2H3,(H,14,15). The van der Waals surface area contributed by atoms with Crippen LogP contribution in [0.25, 0.3) is 0 Å². The lowest BCUT2D eigenvalue weighted by Gasteiger charge is -2.14. The summed E-state index contributed by atoms with van der Waals surface area (Å²) >= 11 is 0. The number of amides is 1. The quantitative estimate of drug-likeness (QED) is 0.719. The van der Waals surface area contributed by atoms with Gasteiger partial charge in [-0.05, 0) is 25.0 Å². The van der Waals surface area contributed by atoms with Crippen LogP contribution in [0.2, 0.25) is 0 Å². The van der Waals surface area contributed by atoms with Gasteiger partial charge >= 0.3 is 0 Å². The second-order valence-electron chi connectivity index (χ2n) is 3.33. The van der Waals surface area contributed by atoms with Crippen molar-refractivity contribution in [3.8, 4) is 0 Å². The van der Waals surface area contributed by atoms with Gasteiger partial charge in [0.1, 0.15) is 5.69 Å². The Balaban J connectivity index is 2.43. The van der Waals surface area contributed by atoms with Gasteiger partial charge in [-0.25, -0.2) is 5.43 Å². The van der Waals surface area contributed by atoms with Crippen LogP contribution in [0.5, 0.6) is 0 Å². The summed E-state index contributed by atoms with van der Waals surface area (Å²) in [4.78, 5) is 15.5. The van der Waals surface area contributed by atoms with E-state index >= 15 is 0 Å². The molecule has 0 aliphatic carbocycles. The van der Waals surface area contributed by atoms with E-state index in [1.165, 1.54) is 0 Å². The van der Waals surface area contributed by atoms with Crippen molar-refractivity contribution in [3.63, 3.8) is 0 Å². The van der Waals surface area contributed by atoms with Gasteiger partial charge in [-0.15, -0.1) is 0 Å². The first kappa shape index (κ1) is 11.7. The van der Waals surface area contributed by atoms with Gasteiger partial charge in [0, 0.05) is 12.2 Å². The molecular formula is C11H17N3O. The maximum atomic E-state index is 11.5.